The van der Waals surface area contributed by atoms with Crippen LogP contribution in [-0.4, -0.2) is 141 Å². The Labute approximate surface area is 343 Å². The van der Waals surface area contributed by atoms with Crippen molar-refractivity contribution in [3.8, 4) is 17.0 Å². The maximum atomic E-state index is 14.3. The van der Waals surface area contributed by atoms with Gasteiger partial charge in [0.1, 0.15) is 6.04 Å². The molecule has 0 saturated carbocycles. The van der Waals surface area contributed by atoms with Crippen LogP contribution in [0, 0.1) is 11.7 Å². The van der Waals surface area contributed by atoms with Crippen molar-refractivity contribution in [2.75, 3.05) is 74.0 Å². The van der Waals surface area contributed by atoms with Crippen molar-refractivity contribution in [3.63, 3.8) is 0 Å². The van der Waals surface area contributed by atoms with E-state index in [1.807, 2.05) is 23.1 Å². The first-order chi connectivity index (χ1) is 28.4. The molecule has 4 fully saturated rings. The zero-order valence-electron chi connectivity index (χ0n) is 34.0. The second-order valence-electron chi connectivity index (χ2n) is 17.4. The summed E-state index contributed by atoms with van der Waals surface area (Å²) in [7, 11) is 0. The van der Waals surface area contributed by atoms with Gasteiger partial charge in [-0.05, 0) is 81.3 Å². The molecule has 7 heterocycles. The van der Waals surface area contributed by atoms with Gasteiger partial charge in [0.2, 0.25) is 11.8 Å². The first-order valence-corrected chi connectivity index (χ1v) is 21.1. The summed E-state index contributed by atoms with van der Waals surface area (Å²) in [6, 6.07) is 12.0. The quantitative estimate of drug-likeness (QED) is 0.311. The van der Waals surface area contributed by atoms with Crippen molar-refractivity contribution in [2.24, 2.45) is 5.92 Å². The largest absolute Gasteiger partial charge is 0.504 e. The van der Waals surface area contributed by atoms with Crippen molar-refractivity contribution in [3.05, 3.63) is 59.4 Å². The predicted octanol–water partition coefficient (Wildman–Crippen LogP) is 3.88. The number of benzene rings is 2. The van der Waals surface area contributed by atoms with E-state index >= 15 is 0 Å². The van der Waals surface area contributed by atoms with E-state index in [1.165, 1.54) is 6.07 Å². The molecule has 9 rings (SSSR count). The summed E-state index contributed by atoms with van der Waals surface area (Å²) in [6.07, 6.45) is 3.45. The van der Waals surface area contributed by atoms with Gasteiger partial charge in [0.05, 0.1) is 16.9 Å². The van der Waals surface area contributed by atoms with Crippen LogP contribution in [0.4, 0.5) is 26.4 Å². The van der Waals surface area contributed by atoms with Crippen molar-refractivity contribution in [1.82, 2.24) is 35.1 Å². The minimum Gasteiger partial charge on any atom is -0.504 e. The van der Waals surface area contributed by atoms with Gasteiger partial charge in [-0.25, -0.2) is 9.18 Å². The van der Waals surface area contributed by atoms with Crippen LogP contribution in [0.25, 0.3) is 11.3 Å². The third-order valence-electron chi connectivity index (χ3n) is 13.8. The zero-order valence-corrected chi connectivity index (χ0v) is 34.0. The van der Waals surface area contributed by atoms with E-state index in [4.69, 9.17) is 0 Å². The number of phenols is 1. The van der Waals surface area contributed by atoms with E-state index in [2.05, 4.69) is 67.3 Å². The Balaban J connectivity index is 0.792. The number of imide groups is 1. The van der Waals surface area contributed by atoms with Crippen LogP contribution < -0.4 is 20.4 Å². The smallest absolute Gasteiger partial charge is 0.320 e. The minimum absolute atomic E-state index is 0.0556. The van der Waals surface area contributed by atoms with E-state index in [1.54, 1.807) is 17.0 Å². The van der Waals surface area contributed by atoms with Gasteiger partial charge in [-0.3, -0.25) is 24.6 Å². The molecule has 59 heavy (non-hydrogen) atoms. The lowest BCUT2D eigenvalue weighted by Crippen LogP contribution is -2.70. The van der Waals surface area contributed by atoms with E-state index in [9.17, 15) is 28.7 Å². The number of aromatic nitrogens is 2. The molecule has 3 aromatic rings. The van der Waals surface area contributed by atoms with Crippen LogP contribution in [-0.2, 0) is 16.1 Å². The van der Waals surface area contributed by atoms with Crippen LogP contribution in [0.2, 0.25) is 0 Å². The third kappa shape index (κ3) is 6.98. The molecule has 0 spiro atoms. The second-order valence-corrected chi connectivity index (χ2v) is 17.4. The fraction of sp³-hybridized carbons (Fsp3) is 0.535. The summed E-state index contributed by atoms with van der Waals surface area (Å²) >= 11 is 0. The lowest BCUT2D eigenvalue weighted by Gasteiger charge is -2.55. The van der Waals surface area contributed by atoms with Crippen molar-refractivity contribution >= 4 is 40.9 Å². The Morgan fingerprint density at radius 3 is 2.56 bits per heavy atom. The Kier molecular flexibility index (Phi) is 10.1. The summed E-state index contributed by atoms with van der Waals surface area (Å²) in [5.74, 6) is -0.833. The topological polar surface area (TPSA) is 158 Å². The number of carbonyl (C=O) groups excluding carboxylic acids is 4. The number of hydrogen-bond donors (Lipinski definition) is 3. The summed E-state index contributed by atoms with van der Waals surface area (Å²) in [5, 5.41) is 24.9. The van der Waals surface area contributed by atoms with Crippen molar-refractivity contribution in [2.45, 2.75) is 83.1 Å². The SMILES string of the molecule is CCC12CNc3nnc(-c4cccc(F)c4O)cc3N1CCN(C(=O)N1C[C@H](C)N(CC3CCN(c4ccc5c(c4)C(=O)N([C@H]4CCC(=O)NC4=O)C5)CC3)C[C@H]1C)C2. The fourth-order valence-corrected chi connectivity index (χ4v) is 10.3. The number of halogens is 1. The lowest BCUT2D eigenvalue weighted by molar-refractivity contribution is -0.136. The van der Waals surface area contributed by atoms with Crippen LogP contribution >= 0.6 is 0 Å². The zero-order chi connectivity index (χ0) is 41.2. The van der Waals surface area contributed by atoms with Crippen molar-refractivity contribution in [1.29, 1.82) is 0 Å². The summed E-state index contributed by atoms with van der Waals surface area (Å²) in [5.41, 5.74) is 3.71. The molecule has 6 aliphatic rings. The Morgan fingerprint density at radius 1 is 0.966 bits per heavy atom. The predicted molar refractivity (Wildman–Crippen MR) is 220 cm³/mol. The van der Waals surface area contributed by atoms with Gasteiger partial charge in [0, 0.05) is 101 Å². The highest BCUT2D eigenvalue weighted by Crippen LogP contribution is 2.42. The number of carbonyl (C=O) groups is 4. The number of piperazine rings is 2. The molecule has 16 heteroatoms. The van der Waals surface area contributed by atoms with Crippen molar-refractivity contribution < 1.29 is 28.7 Å². The average molecular weight is 809 g/mol. The number of amides is 5. The second kappa shape index (κ2) is 15.3. The summed E-state index contributed by atoms with van der Waals surface area (Å²) < 4.78 is 14.2. The molecule has 0 radical (unpaired) electrons. The molecule has 1 unspecified atom stereocenters. The number of rotatable bonds is 6. The molecular weight excluding hydrogens is 756 g/mol. The van der Waals surface area contributed by atoms with Crippen LogP contribution in [0.5, 0.6) is 5.75 Å². The highest BCUT2D eigenvalue weighted by Gasteiger charge is 2.47. The Hall–Kier alpha value is -5.51. The summed E-state index contributed by atoms with van der Waals surface area (Å²) in [6.45, 7) is 13.5. The Bertz CT molecular complexity index is 2180. The fourth-order valence-electron chi connectivity index (χ4n) is 10.3. The molecule has 15 nitrogen and oxygen atoms in total. The number of urea groups is 1. The van der Waals surface area contributed by atoms with Crippen LogP contribution in [0.15, 0.2) is 42.5 Å². The number of piperidine rings is 2. The van der Waals surface area contributed by atoms with E-state index < -0.39 is 23.5 Å². The van der Waals surface area contributed by atoms with Gasteiger partial charge in [-0.2, -0.15) is 0 Å². The van der Waals surface area contributed by atoms with Gasteiger partial charge in [-0.1, -0.05) is 19.1 Å². The maximum absolute atomic E-state index is 14.3. The van der Waals surface area contributed by atoms with E-state index in [-0.39, 0.29) is 47.5 Å². The molecular formula is C43H53FN10O5. The molecule has 0 aliphatic carbocycles. The van der Waals surface area contributed by atoms with Gasteiger partial charge >= 0.3 is 6.03 Å². The molecule has 2 aromatic carbocycles. The minimum atomic E-state index is -0.711. The number of aromatic hydroxyl groups is 1. The van der Waals surface area contributed by atoms with Gasteiger partial charge in [-0.15, -0.1) is 10.2 Å². The molecule has 312 valence electrons. The van der Waals surface area contributed by atoms with Gasteiger partial charge in [0.25, 0.3) is 5.91 Å². The Morgan fingerprint density at radius 2 is 1.78 bits per heavy atom. The number of para-hydroxylation sites is 1. The monoisotopic (exact) mass is 808 g/mol. The molecule has 0 bridgehead atoms. The molecule has 1 aromatic heterocycles. The molecule has 4 saturated heterocycles. The number of phenolic OH excluding ortho intramolecular Hbond substituents is 1. The molecule has 3 N–H and O–H groups in total. The highest BCUT2D eigenvalue weighted by atomic mass is 19.1. The normalized spacial score (nSPS) is 26.3. The number of fused-ring (bicyclic) bond motifs is 4. The molecule has 5 amide bonds. The van der Waals surface area contributed by atoms with Crippen LogP contribution in [0.3, 0.4) is 0 Å². The number of anilines is 3. The standard InChI is InChI=1S/C43H53FN10O5/c1-4-43-24-45-39-36(19-34(47-48-39)31-6-5-7-33(44)38(31)56)54(43)17-16-50(25-43)42(59)52-21-26(2)51(20-27(52)3)22-28-12-14-49(15-13-28)30-9-8-29-23-53(41(58)32(29)18-30)35-10-11-37(55)46-40(35)57/h5-9,18-19,26-28,35,56H,4,10-17,20-25H2,1-3H3,(H,45,48)(H,46,55,57)/t26-,27+,35-,43?/m0/s1. The average Bonchev–Trinajstić information content (AvgIpc) is 3.57. The number of nitrogens with zero attached hydrogens (tertiary/aromatic N) is 8. The maximum Gasteiger partial charge on any atom is 0.320 e. The first kappa shape index (κ1) is 39.0. The van der Waals surface area contributed by atoms with Gasteiger partial charge in [0.15, 0.2) is 17.4 Å². The molecule has 4 atom stereocenters. The van der Waals surface area contributed by atoms with E-state index in [0.717, 1.165) is 62.4 Å². The third-order valence-corrected chi connectivity index (χ3v) is 13.8. The highest BCUT2D eigenvalue weighted by molar-refractivity contribution is 6.05. The van der Waals surface area contributed by atoms with Crippen LogP contribution in [0.1, 0.15) is 68.8 Å². The van der Waals surface area contributed by atoms with E-state index in [0.29, 0.717) is 68.7 Å². The number of nitrogens with one attached hydrogen (secondary N) is 2. The molecule has 6 aliphatic heterocycles. The lowest BCUT2D eigenvalue weighted by atomic mass is 9.87. The van der Waals surface area contributed by atoms with Gasteiger partial charge < -0.3 is 34.9 Å². The number of hydrogen-bond acceptors (Lipinski definition) is 11. The summed E-state index contributed by atoms with van der Waals surface area (Å²) in [4.78, 5) is 64.8. The first-order valence-electron chi connectivity index (χ1n) is 21.1.